The molecule has 1 amide bonds. The molecule has 8 nitrogen and oxygen atoms in total. The van der Waals surface area contributed by atoms with Gasteiger partial charge in [0.25, 0.3) is 0 Å². The maximum absolute atomic E-state index is 10.7. The second-order valence-corrected chi connectivity index (χ2v) is 2.80. The third-order valence-corrected chi connectivity index (χ3v) is 1.57. The monoisotopic (exact) mass is 229 g/mol. The van der Waals surface area contributed by atoms with Crippen LogP contribution in [0.5, 0.6) is 0 Å². The van der Waals surface area contributed by atoms with Crippen LogP contribution in [-0.4, -0.2) is 37.4 Å². The molecule has 16 heavy (non-hydrogen) atoms. The molecule has 0 aromatic carbocycles. The maximum Gasteiger partial charge on any atom is 0.415 e. The largest absolute Gasteiger partial charge is 0.415 e. The van der Waals surface area contributed by atoms with E-state index in [1.54, 1.807) is 6.29 Å². The second-order valence-electron chi connectivity index (χ2n) is 2.80. The van der Waals surface area contributed by atoms with Gasteiger partial charge in [-0.1, -0.05) is 0 Å². The molecule has 0 spiro atoms. The van der Waals surface area contributed by atoms with Gasteiger partial charge in [0, 0.05) is 6.54 Å². The van der Waals surface area contributed by atoms with Crippen LogP contribution in [0.15, 0.2) is 0 Å². The highest BCUT2D eigenvalue weighted by atomic mass is 16.6. The van der Waals surface area contributed by atoms with Gasteiger partial charge in [0.15, 0.2) is 5.96 Å². The molecule has 0 bridgehead atoms. The zero-order chi connectivity index (χ0) is 12.4. The van der Waals surface area contributed by atoms with Crippen LogP contribution < -0.4 is 16.4 Å². The quantitative estimate of drug-likeness (QED) is 0.139. The van der Waals surface area contributed by atoms with Gasteiger partial charge in [-0.2, -0.15) is 0 Å². The van der Waals surface area contributed by atoms with Gasteiger partial charge in [-0.05, 0) is 12.8 Å². The number of alkyl carbamates (subject to hydrolysis) is 1. The second kappa shape index (κ2) is 8.21. The minimum atomic E-state index is -0.997. The topological polar surface area (TPSA) is 134 Å². The number of rotatable bonds is 7. The van der Waals surface area contributed by atoms with Crippen LogP contribution in [0.25, 0.3) is 0 Å². The fraction of sp³-hybridized carbons (Fsp3) is 0.500. The molecule has 0 unspecified atom stereocenters. The van der Waals surface area contributed by atoms with Gasteiger partial charge in [-0.15, -0.1) is 0 Å². The number of ether oxygens (including phenoxy) is 1. The van der Waals surface area contributed by atoms with Crippen molar-refractivity contribution in [3.63, 3.8) is 0 Å². The van der Waals surface area contributed by atoms with Crippen molar-refractivity contribution >= 4 is 24.8 Å². The van der Waals surface area contributed by atoms with Crippen LogP contribution in [0.2, 0.25) is 0 Å². The van der Waals surface area contributed by atoms with Gasteiger partial charge < -0.3 is 21.1 Å². The van der Waals surface area contributed by atoms with Crippen molar-refractivity contribution < 1.29 is 19.1 Å². The Labute approximate surface area is 92.0 Å². The van der Waals surface area contributed by atoms with Crippen molar-refractivity contribution in [2.75, 3.05) is 6.54 Å². The molecular formula is C8H13N4O4. The summed E-state index contributed by atoms with van der Waals surface area (Å²) in [5, 5.41) is 11.5. The number of nitrogens with one attached hydrogen (secondary N) is 3. The van der Waals surface area contributed by atoms with Gasteiger partial charge in [0.2, 0.25) is 6.29 Å². The molecule has 0 saturated heterocycles. The number of hydrogen-bond acceptors (Lipinski definition) is 5. The zero-order valence-corrected chi connectivity index (χ0v) is 8.49. The maximum atomic E-state index is 10.7. The summed E-state index contributed by atoms with van der Waals surface area (Å²) < 4.78 is 3.94. The summed E-state index contributed by atoms with van der Waals surface area (Å²) >= 11 is 0. The fourth-order valence-corrected chi connectivity index (χ4v) is 0.910. The Bertz CT molecular complexity index is 269. The molecule has 89 valence electrons. The fourth-order valence-electron chi connectivity index (χ4n) is 0.910. The minimum Gasteiger partial charge on any atom is -0.379 e. The lowest BCUT2D eigenvalue weighted by Gasteiger charge is -2.10. The van der Waals surface area contributed by atoms with Gasteiger partial charge in [0.1, 0.15) is 0 Å². The third kappa shape index (κ3) is 7.30. The first-order valence-corrected chi connectivity index (χ1v) is 4.46. The summed E-state index contributed by atoms with van der Waals surface area (Å²) in [6.45, 7) is 0.367. The summed E-state index contributed by atoms with van der Waals surface area (Å²) in [5.74, 6) is -0.167. The van der Waals surface area contributed by atoms with E-state index in [1.807, 2.05) is 0 Å². The number of carbonyl (C=O) groups excluding carboxylic acids is 3. The number of guanidine groups is 1. The summed E-state index contributed by atoms with van der Waals surface area (Å²) in [5.41, 5.74) is 5.03. The number of carbonyl (C=O) groups is 2. The Morgan fingerprint density at radius 3 is 2.81 bits per heavy atom. The van der Waals surface area contributed by atoms with Crippen molar-refractivity contribution in [2.24, 2.45) is 5.73 Å². The van der Waals surface area contributed by atoms with Crippen LogP contribution in [0.4, 0.5) is 4.79 Å². The van der Waals surface area contributed by atoms with Crippen LogP contribution in [0.3, 0.4) is 0 Å². The van der Waals surface area contributed by atoms with Crippen LogP contribution in [-0.2, 0) is 14.3 Å². The van der Waals surface area contributed by atoms with Crippen LogP contribution in [0, 0.1) is 5.41 Å². The molecule has 1 radical (unpaired) electrons. The first kappa shape index (κ1) is 13.9. The summed E-state index contributed by atoms with van der Waals surface area (Å²) in [4.78, 5) is 30.9. The van der Waals surface area contributed by atoms with Gasteiger partial charge in [-0.3, -0.25) is 15.0 Å². The Kier molecular flexibility index (Phi) is 7.12. The first-order chi connectivity index (χ1) is 7.60. The van der Waals surface area contributed by atoms with E-state index in [4.69, 9.17) is 11.1 Å². The molecule has 0 heterocycles. The molecule has 0 aliphatic heterocycles. The van der Waals surface area contributed by atoms with E-state index in [-0.39, 0.29) is 12.4 Å². The molecular weight excluding hydrogens is 216 g/mol. The Hall–Kier alpha value is -2.12. The lowest BCUT2D eigenvalue weighted by molar-refractivity contribution is -0.123. The van der Waals surface area contributed by atoms with Gasteiger partial charge >= 0.3 is 12.6 Å². The number of nitrogens with two attached hydrogens (primary N) is 1. The Morgan fingerprint density at radius 2 is 2.31 bits per heavy atom. The van der Waals surface area contributed by atoms with Crippen molar-refractivity contribution in [3.05, 3.63) is 0 Å². The predicted octanol–water partition coefficient (Wildman–Crippen LogP) is -1.39. The molecule has 8 heteroatoms. The van der Waals surface area contributed by atoms with Crippen LogP contribution in [0.1, 0.15) is 12.8 Å². The molecule has 0 aliphatic rings. The number of amides is 1. The third-order valence-electron chi connectivity index (χ3n) is 1.57. The van der Waals surface area contributed by atoms with E-state index in [0.29, 0.717) is 19.4 Å². The lowest BCUT2D eigenvalue weighted by atomic mass is 10.2. The van der Waals surface area contributed by atoms with Gasteiger partial charge in [-0.25, -0.2) is 4.79 Å². The molecule has 0 saturated carbocycles. The average Bonchev–Trinajstić information content (AvgIpc) is 2.22. The smallest absolute Gasteiger partial charge is 0.379 e. The Balaban J connectivity index is 3.74. The number of hydrogen-bond donors (Lipinski definition) is 4. The van der Waals surface area contributed by atoms with Crippen molar-refractivity contribution in [1.82, 2.24) is 10.6 Å². The van der Waals surface area contributed by atoms with Gasteiger partial charge in [0.05, 0.1) is 6.04 Å². The highest BCUT2D eigenvalue weighted by Crippen LogP contribution is 1.94. The summed E-state index contributed by atoms with van der Waals surface area (Å²) in [7, 11) is 0. The Morgan fingerprint density at radius 1 is 1.62 bits per heavy atom. The van der Waals surface area contributed by atoms with E-state index < -0.39 is 12.1 Å². The first-order valence-electron chi connectivity index (χ1n) is 4.46. The highest BCUT2D eigenvalue weighted by Gasteiger charge is 2.12. The summed E-state index contributed by atoms with van der Waals surface area (Å²) in [6.07, 6.45) is 1.40. The van der Waals surface area contributed by atoms with Crippen LogP contribution >= 0.6 is 0 Å². The normalized spacial score (nSPS) is 11.0. The SMILES string of the molecule is N=C(N)NCCC[C@@H]([C]=O)NC(=O)OC=O. The van der Waals surface area contributed by atoms with E-state index in [1.165, 1.54) is 0 Å². The standard InChI is InChI=1S/C8H13N4O4/c9-7(10)11-3-1-2-6(4-13)12-8(15)16-5-14/h5-6H,1-3H2,(H,12,15)(H4,9,10,11)/t6-/m0/s1. The van der Waals surface area contributed by atoms with E-state index in [9.17, 15) is 14.4 Å². The predicted molar refractivity (Wildman–Crippen MR) is 54.3 cm³/mol. The van der Waals surface area contributed by atoms with E-state index in [0.717, 1.165) is 0 Å². The van der Waals surface area contributed by atoms with E-state index >= 15 is 0 Å². The lowest BCUT2D eigenvalue weighted by Crippen LogP contribution is -2.37. The minimum absolute atomic E-state index is 0.0332. The molecule has 0 aromatic heterocycles. The highest BCUT2D eigenvalue weighted by molar-refractivity contribution is 5.78. The van der Waals surface area contributed by atoms with Crippen molar-refractivity contribution in [2.45, 2.75) is 18.9 Å². The molecule has 0 rings (SSSR count). The van der Waals surface area contributed by atoms with Crippen molar-refractivity contribution in [1.29, 1.82) is 5.41 Å². The zero-order valence-electron chi connectivity index (χ0n) is 8.49. The molecule has 0 aliphatic carbocycles. The molecule has 5 N–H and O–H groups in total. The average molecular weight is 229 g/mol. The van der Waals surface area contributed by atoms with E-state index in [2.05, 4.69) is 15.4 Å². The molecule has 0 aromatic rings. The van der Waals surface area contributed by atoms with Crippen molar-refractivity contribution in [3.8, 4) is 0 Å². The molecule has 0 fully saturated rings. The molecule has 1 atom stereocenters. The summed E-state index contributed by atoms with van der Waals surface area (Å²) in [6, 6.07) is -0.846.